The van der Waals surface area contributed by atoms with Crippen molar-refractivity contribution in [3.05, 3.63) is 0 Å². The fourth-order valence-electron chi connectivity index (χ4n) is 3.15. The highest BCUT2D eigenvalue weighted by molar-refractivity contribution is 7.97. The van der Waals surface area contributed by atoms with Crippen LogP contribution in [0.25, 0.3) is 0 Å². The van der Waals surface area contributed by atoms with Gasteiger partial charge in [-0.25, -0.2) is 0 Å². The normalized spacial score (nSPS) is 27.0. The summed E-state index contributed by atoms with van der Waals surface area (Å²) in [5.74, 6) is 0. The third-order valence-electron chi connectivity index (χ3n) is 4.16. The molecule has 2 aliphatic carbocycles. The van der Waals surface area contributed by atoms with Crippen molar-refractivity contribution >= 4 is 10.9 Å². The van der Waals surface area contributed by atoms with Gasteiger partial charge in [0.2, 0.25) is 0 Å². The minimum atomic E-state index is 0.757. The molecule has 2 fully saturated rings. The topological polar surface area (TPSA) is 0 Å². The van der Waals surface area contributed by atoms with Gasteiger partial charge in [0.05, 0.1) is 6.26 Å². The lowest BCUT2D eigenvalue weighted by molar-refractivity contribution is 0.490. The van der Waals surface area contributed by atoms with E-state index >= 15 is 0 Å². The van der Waals surface area contributed by atoms with Crippen LogP contribution in [0.15, 0.2) is 0 Å². The molecule has 0 saturated heterocycles. The van der Waals surface area contributed by atoms with Crippen molar-refractivity contribution in [3.8, 4) is 0 Å². The summed E-state index contributed by atoms with van der Waals surface area (Å²) in [6.07, 6.45) is 17.9. The fourth-order valence-corrected chi connectivity index (χ4v) is 5.84. The molecule has 0 aromatic heterocycles. The second-order valence-corrected chi connectivity index (χ2v) is 7.68. The van der Waals surface area contributed by atoms with Gasteiger partial charge in [-0.1, -0.05) is 12.8 Å². The second kappa shape index (κ2) is 5.44. The van der Waals surface area contributed by atoms with Crippen LogP contribution in [0.4, 0.5) is 0 Å². The molecule has 0 aromatic carbocycles. The van der Waals surface area contributed by atoms with E-state index < -0.39 is 0 Å². The molecule has 82 valence electrons. The predicted molar refractivity (Wildman–Crippen MR) is 67.0 cm³/mol. The number of hydrogen-bond acceptors (Lipinski definition) is 0. The number of rotatable bonds is 2. The average molecular weight is 213 g/mol. The maximum absolute atomic E-state index is 2.58. The Hall–Kier alpha value is 0.350. The van der Waals surface area contributed by atoms with E-state index in [1.54, 1.807) is 25.7 Å². The fraction of sp³-hybridized carbons (Fsp3) is 1.00. The van der Waals surface area contributed by atoms with Crippen LogP contribution in [0.5, 0.6) is 0 Å². The molecule has 14 heavy (non-hydrogen) atoms. The van der Waals surface area contributed by atoms with Gasteiger partial charge in [0.25, 0.3) is 0 Å². The minimum Gasteiger partial charge on any atom is -0.0529 e. The highest BCUT2D eigenvalue weighted by Gasteiger charge is 2.35. The molecule has 0 amide bonds. The Labute approximate surface area is 92.2 Å². The molecule has 0 atom stereocenters. The van der Waals surface area contributed by atoms with Crippen molar-refractivity contribution in [1.82, 2.24) is 0 Å². The van der Waals surface area contributed by atoms with Gasteiger partial charge in [-0.05, 0) is 62.3 Å². The summed E-state index contributed by atoms with van der Waals surface area (Å²) in [6.45, 7) is 0. The Balaban J connectivity index is 1.82. The van der Waals surface area contributed by atoms with E-state index in [0.717, 1.165) is 21.4 Å². The smallest absolute Gasteiger partial charge is 0.0529 e. The summed E-state index contributed by atoms with van der Waals surface area (Å²) in [6, 6.07) is 0. The van der Waals surface area contributed by atoms with Gasteiger partial charge in [-0.3, -0.25) is 0 Å². The lowest BCUT2D eigenvalue weighted by atomic mass is 10.00. The highest BCUT2D eigenvalue weighted by atomic mass is 32.2. The van der Waals surface area contributed by atoms with Gasteiger partial charge in [-0.2, -0.15) is 0 Å². The Morgan fingerprint density at radius 2 is 1.00 bits per heavy atom. The molecular formula is C13H25S+. The Morgan fingerprint density at radius 3 is 1.36 bits per heavy atom. The molecule has 0 spiro atoms. The van der Waals surface area contributed by atoms with Crippen LogP contribution in [-0.4, -0.2) is 16.8 Å². The van der Waals surface area contributed by atoms with Gasteiger partial charge in [0.15, 0.2) is 0 Å². The van der Waals surface area contributed by atoms with Crippen LogP contribution >= 0.6 is 0 Å². The van der Waals surface area contributed by atoms with E-state index in [2.05, 4.69) is 6.26 Å². The van der Waals surface area contributed by atoms with Gasteiger partial charge in [-0.15, -0.1) is 0 Å². The quantitative estimate of drug-likeness (QED) is 0.610. The van der Waals surface area contributed by atoms with E-state index in [1.165, 1.54) is 38.5 Å². The highest BCUT2D eigenvalue weighted by Crippen LogP contribution is 2.32. The summed E-state index contributed by atoms with van der Waals surface area (Å²) in [4.78, 5) is 0. The monoisotopic (exact) mass is 213 g/mol. The predicted octanol–water partition coefficient (Wildman–Crippen LogP) is 3.90. The standard InChI is InChI=1S/C13H25S/c1-14(12-8-4-2-5-9-12)13-10-6-3-7-11-13/h12-13H,2-11H2,1H3/q+1. The molecule has 0 aliphatic heterocycles. The van der Waals surface area contributed by atoms with Crippen LogP contribution in [0, 0.1) is 0 Å². The van der Waals surface area contributed by atoms with Crippen molar-refractivity contribution < 1.29 is 0 Å². The summed E-state index contributed by atoms with van der Waals surface area (Å²) in [7, 11) is 0.757. The van der Waals surface area contributed by atoms with E-state index in [-0.39, 0.29) is 0 Å². The van der Waals surface area contributed by atoms with E-state index in [1.807, 2.05) is 0 Å². The molecule has 0 radical (unpaired) electrons. The molecule has 0 bridgehead atoms. The van der Waals surface area contributed by atoms with Crippen LogP contribution in [0.3, 0.4) is 0 Å². The first-order valence-corrected chi connectivity index (χ1v) is 8.27. The van der Waals surface area contributed by atoms with Crippen LogP contribution in [0.2, 0.25) is 0 Å². The lowest BCUT2D eigenvalue weighted by Gasteiger charge is -2.28. The largest absolute Gasteiger partial charge is 0.118 e. The number of hydrogen-bond donors (Lipinski definition) is 0. The molecule has 0 unspecified atom stereocenters. The zero-order valence-electron chi connectivity index (χ0n) is 9.63. The minimum absolute atomic E-state index is 0.757. The Bertz CT molecular complexity index is 137. The second-order valence-electron chi connectivity index (χ2n) is 5.13. The third kappa shape index (κ3) is 2.68. The first-order chi connectivity index (χ1) is 6.88. The molecule has 0 aromatic rings. The molecular weight excluding hydrogens is 188 g/mol. The first-order valence-electron chi connectivity index (χ1n) is 6.51. The average Bonchev–Trinajstić information content (AvgIpc) is 2.30. The van der Waals surface area contributed by atoms with Crippen molar-refractivity contribution in [1.29, 1.82) is 0 Å². The molecule has 2 aliphatic rings. The van der Waals surface area contributed by atoms with Crippen molar-refractivity contribution in [2.45, 2.75) is 74.7 Å². The molecule has 2 rings (SSSR count). The first kappa shape index (κ1) is 10.9. The molecule has 0 heterocycles. The summed E-state index contributed by atoms with van der Waals surface area (Å²) < 4.78 is 0. The van der Waals surface area contributed by atoms with Crippen molar-refractivity contribution in [3.63, 3.8) is 0 Å². The van der Waals surface area contributed by atoms with Crippen LogP contribution in [-0.2, 0) is 10.9 Å². The SMILES string of the molecule is C[S+](C1CCCCC1)C1CCCCC1. The lowest BCUT2D eigenvalue weighted by Crippen LogP contribution is -2.34. The van der Waals surface area contributed by atoms with E-state index in [9.17, 15) is 0 Å². The summed E-state index contributed by atoms with van der Waals surface area (Å²) in [5, 5.41) is 2.23. The maximum atomic E-state index is 2.58. The Morgan fingerprint density at radius 1 is 0.643 bits per heavy atom. The van der Waals surface area contributed by atoms with Gasteiger partial charge in [0.1, 0.15) is 10.5 Å². The zero-order chi connectivity index (χ0) is 9.80. The maximum Gasteiger partial charge on any atom is 0.118 e. The van der Waals surface area contributed by atoms with Gasteiger partial charge < -0.3 is 0 Å². The molecule has 0 nitrogen and oxygen atoms in total. The van der Waals surface area contributed by atoms with Gasteiger partial charge in [0, 0.05) is 0 Å². The molecule has 0 N–H and O–H groups in total. The molecule has 2 saturated carbocycles. The third-order valence-corrected chi connectivity index (χ3v) is 7.20. The summed E-state index contributed by atoms with van der Waals surface area (Å²) in [5.41, 5.74) is 0. The Kier molecular flexibility index (Phi) is 4.22. The summed E-state index contributed by atoms with van der Waals surface area (Å²) >= 11 is 0. The zero-order valence-corrected chi connectivity index (χ0v) is 10.5. The molecule has 1 heteroatoms. The van der Waals surface area contributed by atoms with E-state index in [0.29, 0.717) is 0 Å². The van der Waals surface area contributed by atoms with Crippen molar-refractivity contribution in [2.75, 3.05) is 6.26 Å². The van der Waals surface area contributed by atoms with Crippen molar-refractivity contribution in [2.24, 2.45) is 0 Å². The van der Waals surface area contributed by atoms with E-state index in [4.69, 9.17) is 0 Å². The van der Waals surface area contributed by atoms with Gasteiger partial charge >= 0.3 is 0 Å². The van der Waals surface area contributed by atoms with Crippen LogP contribution in [0.1, 0.15) is 64.2 Å². The van der Waals surface area contributed by atoms with Crippen LogP contribution < -0.4 is 0 Å².